The molecule has 2 aromatic rings. The lowest BCUT2D eigenvalue weighted by molar-refractivity contribution is -0.146. The van der Waals surface area contributed by atoms with E-state index in [0.717, 1.165) is 4.68 Å². The van der Waals surface area contributed by atoms with Crippen molar-refractivity contribution in [3.05, 3.63) is 28.5 Å². The molecule has 0 aliphatic rings. The van der Waals surface area contributed by atoms with Crippen LogP contribution in [0, 0.1) is 5.82 Å². The van der Waals surface area contributed by atoms with E-state index in [1.165, 1.54) is 32.0 Å². The summed E-state index contributed by atoms with van der Waals surface area (Å²) >= 11 is 3.22. The zero-order valence-corrected chi connectivity index (χ0v) is 11.7. The maximum atomic E-state index is 13.8. The lowest BCUT2D eigenvalue weighted by atomic mass is 10.1. The van der Waals surface area contributed by atoms with Crippen molar-refractivity contribution in [3.8, 4) is 11.4 Å². The lowest BCUT2D eigenvalue weighted by Crippen LogP contribution is -2.37. The summed E-state index contributed by atoms with van der Waals surface area (Å²) in [7, 11) is 0. The molecule has 0 unspecified atom stereocenters. The Morgan fingerprint density at radius 3 is 2.79 bits per heavy atom. The summed E-state index contributed by atoms with van der Waals surface area (Å²) in [5, 5.41) is 20.0. The second-order valence-corrected chi connectivity index (χ2v) is 5.32. The van der Waals surface area contributed by atoms with Crippen molar-refractivity contribution in [2.45, 2.75) is 19.4 Å². The molecule has 0 saturated heterocycles. The predicted octanol–water partition coefficient (Wildman–Crippen LogP) is 2.06. The summed E-state index contributed by atoms with van der Waals surface area (Å²) in [6, 6.07) is 4.29. The number of carboxylic acids is 1. The smallest absolute Gasteiger partial charge is 0.331 e. The van der Waals surface area contributed by atoms with Gasteiger partial charge in [0.15, 0.2) is 11.4 Å². The van der Waals surface area contributed by atoms with E-state index in [4.69, 9.17) is 0 Å². The van der Waals surface area contributed by atoms with Crippen LogP contribution >= 0.6 is 15.9 Å². The SMILES string of the molecule is CC(C)(C(=O)O)n1nnnc1-c1cc(Br)ccc1F. The molecule has 0 bridgehead atoms. The molecule has 1 heterocycles. The zero-order valence-electron chi connectivity index (χ0n) is 10.1. The topological polar surface area (TPSA) is 80.9 Å². The molecule has 0 saturated carbocycles. The Bertz CT molecular complexity index is 641. The Kier molecular flexibility index (Phi) is 3.36. The predicted molar refractivity (Wildman–Crippen MR) is 67.9 cm³/mol. The molecule has 0 aliphatic heterocycles. The zero-order chi connectivity index (χ0) is 14.2. The molecule has 0 spiro atoms. The fourth-order valence-corrected chi connectivity index (χ4v) is 1.85. The lowest BCUT2D eigenvalue weighted by Gasteiger charge is -2.20. The second-order valence-electron chi connectivity index (χ2n) is 4.40. The maximum absolute atomic E-state index is 13.8. The molecule has 1 aromatic heterocycles. The first-order chi connectivity index (χ1) is 8.84. The van der Waals surface area contributed by atoms with Crippen LogP contribution < -0.4 is 0 Å². The largest absolute Gasteiger partial charge is 0.479 e. The highest BCUT2D eigenvalue weighted by molar-refractivity contribution is 9.10. The van der Waals surface area contributed by atoms with Crippen LogP contribution in [0.4, 0.5) is 4.39 Å². The second kappa shape index (κ2) is 4.69. The van der Waals surface area contributed by atoms with E-state index < -0.39 is 17.3 Å². The van der Waals surface area contributed by atoms with Crippen LogP contribution in [0.1, 0.15) is 13.8 Å². The third-order valence-electron chi connectivity index (χ3n) is 2.69. The van der Waals surface area contributed by atoms with E-state index in [1.54, 1.807) is 0 Å². The van der Waals surface area contributed by atoms with Crippen LogP contribution in [0.5, 0.6) is 0 Å². The number of rotatable bonds is 3. The van der Waals surface area contributed by atoms with Crippen molar-refractivity contribution in [1.29, 1.82) is 0 Å². The molecule has 0 fully saturated rings. The van der Waals surface area contributed by atoms with Gasteiger partial charge in [-0.15, -0.1) is 5.10 Å². The number of carbonyl (C=O) groups is 1. The summed E-state index contributed by atoms with van der Waals surface area (Å²) in [6.07, 6.45) is 0. The van der Waals surface area contributed by atoms with E-state index in [9.17, 15) is 14.3 Å². The third kappa shape index (κ3) is 2.35. The van der Waals surface area contributed by atoms with E-state index in [0.29, 0.717) is 4.47 Å². The van der Waals surface area contributed by atoms with Gasteiger partial charge in [-0.1, -0.05) is 15.9 Å². The number of halogens is 2. The highest BCUT2D eigenvalue weighted by Crippen LogP contribution is 2.27. The Balaban J connectivity index is 2.63. The van der Waals surface area contributed by atoms with E-state index in [-0.39, 0.29) is 11.4 Å². The highest BCUT2D eigenvalue weighted by Gasteiger charge is 2.34. The fraction of sp³-hybridized carbons (Fsp3) is 0.273. The van der Waals surface area contributed by atoms with Crippen molar-refractivity contribution >= 4 is 21.9 Å². The molecule has 2 rings (SSSR count). The monoisotopic (exact) mass is 328 g/mol. The number of aliphatic carboxylic acids is 1. The molecule has 0 radical (unpaired) electrons. The van der Waals surface area contributed by atoms with Crippen LogP contribution in [-0.2, 0) is 10.3 Å². The first-order valence-electron chi connectivity index (χ1n) is 5.31. The molecular weight excluding hydrogens is 319 g/mol. The van der Waals surface area contributed by atoms with E-state index in [1.807, 2.05) is 0 Å². The van der Waals surface area contributed by atoms with Crippen molar-refractivity contribution in [1.82, 2.24) is 20.2 Å². The Labute approximate surface area is 116 Å². The molecule has 100 valence electrons. The average molecular weight is 329 g/mol. The van der Waals surface area contributed by atoms with Gasteiger partial charge in [-0.25, -0.2) is 13.9 Å². The van der Waals surface area contributed by atoms with Gasteiger partial charge in [-0.2, -0.15) is 0 Å². The number of hydrogen-bond donors (Lipinski definition) is 1. The number of nitrogens with zero attached hydrogens (tertiary/aromatic N) is 4. The van der Waals surface area contributed by atoms with Crippen LogP contribution in [-0.4, -0.2) is 31.3 Å². The van der Waals surface area contributed by atoms with Crippen LogP contribution in [0.2, 0.25) is 0 Å². The van der Waals surface area contributed by atoms with E-state index >= 15 is 0 Å². The molecule has 19 heavy (non-hydrogen) atoms. The Morgan fingerprint density at radius 1 is 1.47 bits per heavy atom. The van der Waals surface area contributed by atoms with Gasteiger partial charge in [-0.05, 0) is 42.5 Å². The summed E-state index contributed by atoms with van der Waals surface area (Å²) in [5.74, 6) is -1.58. The Hall–Kier alpha value is -1.83. The highest BCUT2D eigenvalue weighted by atomic mass is 79.9. The first kappa shape index (κ1) is 13.6. The minimum absolute atomic E-state index is 0.0613. The van der Waals surface area contributed by atoms with Gasteiger partial charge in [0.25, 0.3) is 0 Å². The van der Waals surface area contributed by atoms with Gasteiger partial charge >= 0.3 is 5.97 Å². The summed E-state index contributed by atoms with van der Waals surface area (Å²) in [4.78, 5) is 11.2. The van der Waals surface area contributed by atoms with Crippen LogP contribution in [0.25, 0.3) is 11.4 Å². The minimum atomic E-state index is -1.38. The molecule has 1 aromatic carbocycles. The first-order valence-corrected chi connectivity index (χ1v) is 6.11. The quantitative estimate of drug-likeness (QED) is 0.932. The summed E-state index contributed by atoms with van der Waals surface area (Å²) in [5.41, 5.74) is -1.25. The van der Waals surface area contributed by atoms with Gasteiger partial charge in [-0.3, -0.25) is 0 Å². The van der Waals surface area contributed by atoms with Gasteiger partial charge in [0.05, 0.1) is 5.56 Å². The summed E-state index contributed by atoms with van der Waals surface area (Å²) in [6.45, 7) is 2.87. The van der Waals surface area contributed by atoms with Gasteiger partial charge in [0.1, 0.15) is 5.82 Å². The fourth-order valence-electron chi connectivity index (χ4n) is 1.49. The maximum Gasteiger partial charge on any atom is 0.331 e. The number of hydrogen-bond acceptors (Lipinski definition) is 4. The van der Waals surface area contributed by atoms with Crippen LogP contribution in [0.3, 0.4) is 0 Å². The average Bonchev–Trinajstić information content (AvgIpc) is 2.81. The van der Waals surface area contributed by atoms with E-state index in [2.05, 4.69) is 31.5 Å². The molecule has 1 N–H and O–H groups in total. The van der Waals surface area contributed by atoms with Crippen molar-refractivity contribution < 1.29 is 14.3 Å². The number of tetrazole rings is 1. The third-order valence-corrected chi connectivity index (χ3v) is 3.18. The molecule has 6 nitrogen and oxygen atoms in total. The standard InChI is InChI=1S/C11H10BrFN4O2/c1-11(2,10(18)19)17-9(14-15-16-17)7-5-6(12)3-4-8(7)13/h3-5H,1-2H3,(H,18,19). The minimum Gasteiger partial charge on any atom is -0.479 e. The summed E-state index contributed by atoms with van der Waals surface area (Å²) < 4.78 is 15.6. The molecule has 8 heteroatoms. The number of aromatic nitrogens is 4. The molecular formula is C11H10BrFN4O2. The van der Waals surface area contributed by atoms with Crippen LogP contribution in [0.15, 0.2) is 22.7 Å². The molecule has 0 atom stereocenters. The van der Waals surface area contributed by atoms with Crippen molar-refractivity contribution in [3.63, 3.8) is 0 Å². The number of benzene rings is 1. The van der Waals surface area contributed by atoms with Crippen molar-refractivity contribution in [2.75, 3.05) is 0 Å². The van der Waals surface area contributed by atoms with Crippen molar-refractivity contribution in [2.24, 2.45) is 0 Å². The molecule has 0 amide bonds. The van der Waals surface area contributed by atoms with Gasteiger partial charge in [0.2, 0.25) is 0 Å². The normalized spacial score (nSPS) is 11.6. The van der Waals surface area contributed by atoms with Gasteiger partial charge < -0.3 is 5.11 Å². The Morgan fingerprint density at radius 2 is 2.16 bits per heavy atom. The van der Waals surface area contributed by atoms with Gasteiger partial charge in [0, 0.05) is 4.47 Å². The number of carboxylic acid groups (broad SMARTS) is 1. The molecule has 0 aliphatic carbocycles.